The van der Waals surface area contributed by atoms with Crippen LogP contribution in [0.2, 0.25) is 5.02 Å². The zero-order chi connectivity index (χ0) is 20.4. The molecule has 0 saturated carbocycles. The van der Waals surface area contributed by atoms with Gasteiger partial charge in [0.25, 0.3) is 0 Å². The predicted molar refractivity (Wildman–Crippen MR) is 94.0 cm³/mol. The van der Waals surface area contributed by atoms with Crippen molar-refractivity contribution < 1.29 is 26.3 Å². The molecule has 2 aromatic carbocycles. The molecule has 0 bridgehead atoms. The second kappa shape index (κ2) is 8.02. The lowest BCUT2D eigenvalue weighted by atomic mass is 10.1. The molecule has 27 heavy (non-hydrogen) atoms. The van der Waals surface area contributed by atoms with Gasteiger partial charge in [0.15, 0.2) is 0 Å². The summed E-state index contributed by atoms with van der Waals surface area (Å²) in [4.78, 5) is 0.561. The van der Waals surface area contributed by atoms with Crippen molar-refractivity contribution in [3.63, 3.8) is 0 Å². The first-order chi connectivity index (χ1) is 12.4. The Labute approximate surface area is 160 Å². The molecule has 0 spiro atoms. The fourth-order valence-electron chi connectivity index (χ4n) is 2.01. The van der Waals surface area contributed by atoms with Crippen molar-refractivity contribution in [2.45, 2.75) is 17.2 Å². The Morgan fingerprint density at radius 1 is 0.889 bits per heavy atom. The van der Waals surface area contributed by atoms with Crippen molar-refractivity contribution in [2.75, 3.05) is 14.1 Å². The summed E-state index contributed by atoms with van der Waals surface area (Å²) in [7, 11) is 3.03. The Bertz CT molecular complexity index is 797. The molecule has 0 amide bonds. The van der Waals surface area contributed by atoms with Crippen LogP contribution >= 0.6 is 23.4 Å². The molecular weight excluding hydrogens is 414 g/mol. The molecule has 0 aliphatic rings. The maximum Gasteiger partial charge on any atom is 0.416 e. The van der Waals surface area contributed by atoms with Crippen molar-refractivity contribution in [1.29, 1.82) is 0 Å². The predicted octanol–water partition coefficient (Wildman–Crippen LogP) is 6.39. The van der Waals surface area contributed by atoms with Crippen LogP contribution in [-0.2, 0) is 12.4 Å². The zero-order valence-corrected chi connectivity index (χ0v) is 15.6. The highest BCUT2D eigenvalue weighted by atomic mass is 35.5. The summed E-state index contributed by atoms with van der Waals surface area (Å²) in [6.07, 6.45) is -9.85. The van der Waals surface area contributed by atoms with Crippen LogP contribution in [0.25, 0.3) is 0 Å². The largest absolute Gasteiger partial charge is 0.416 e. The van der Waals surface area contributed by atoms with Gasteiger partial charge in [0, 0.05) is 29.6 Å². The van der Waals surface area contributed by atoms with E-state index in [-0.39, 0.29) is 16.7 Å². The lowest BCUT2D eigenvalue weighted by molar-refractivity contribution is -0.143. The molecule has 0 aliphatic heterocycles. The molecule has 0 N–H and O–H groups in total. The molecule has 0 atom stereocenters. The topological polar surface area (TPSA) is 15.6 Å². The van der Waals surface area contributed by atoms with Gasteiger partial charge in [-0.1, -0.05) is 23.4 Å². The minimum absolute atomic E-state index is 0.0149. The van der Waals surface area contributed by atoms with Crippen LogP contribution in [0.3, 0.4) is 0 Å². The Kier molecular flexibility index (Phi) is 6.36. The second-order valence-electron chi connectivity index (χ2n) is 5.60. The number of hydrazone groups is 1. The molecule has 0 aromatic heterocycles. The number of hydrogen-bond acceptors (Lipinski definition) is 3. The van der Waals surface area contributed by atoms with Crippen LogP contribution in [0.5, 0.6) is 0 Å². The molecule has 2 aromatic rings. The molecule has 0 unspecified atom stereocenters. The summed E-state index contributed by atoms with van der Waals surface area (Å²) in [5.41, 5.74) is -3.07. The Balaban J connectivity index is 2.58. The summed E-state index contributed by atoms with van der Waals surface area (Å²) in [5, 5.41) is 5.79. The van der Waals surface area contributed by atoms with Crippen molar-refractivity contribution in [1.82, 2.24) is 5.01 Å². The first kappa shape index (κ1) is 21.4. The standard InChI is InChI=1S/C17H13ClF6N2S/c1-26(2)25-15(27-14-5-3-13(18)4-6-14)10-7-11(16(19,20)21)9-12(8-10)17(22,23)24/h3-9H,1-2H3/b25-15+. The minimum Gasteiger partial charge on any atom is -0.302 e. The summed E-state index contributed by atoms with van der Waals surface area (Å²) in [6, 6.07) is 7.70. The van der Waals surface area contributed by atoms with Crippen LogP contribution < -0.4 is 0 Å². The van der Waals surface area contributed by atoms with Crippen molar-refractivity contribution >= 4 is 28.4 Å². The molecule has 2 rings (SSSR count). The van der Waals surface area contributed by atoms with Gasteiger partial charge in [0.2, 0.25) is 0 Å². The molecule has 0 saturated heterocycles. The number of thioether (sulfide) groups is 1. The quantitative estimate of drug-likeness (QED) is 0.186. The van der Waals surface area contributed by atoms with Gasteiger partial charge in [-0.2, -0.15) is 31.4 Å². The van der Waals surface area contributed by atoms with E-state index >= 15 is 0 Å². The van der Waals surface area contributed by atoms with Crippen LogP contribution in [-0.4, -0.2) is 24.1 Å². The van der Waals surface area contributed by atoms with E-state index in [1.165, 1.54) is 19.1 Å². The maximum absolute atomic E-state index is 13.1. The average molecular weight is 427 g/mol. The lowest BCUT2D eigenvalue weighted by Gasteiger charge is -2.16. The summed E-state index contributed by atoms with van der Waals surface area (Å²) >= 11 is 6.73. The van der Waals surface area contributed by atoms with Crippen LogP contribution in [0.4, 0.5) is 26.3 Å². The van der Waals surface area contributed by atoms with Crippen LogP contribution in [0.15, 0.2) is 52.5 Å². The van der Waals surface area contributed by atoms with Crippen LogP contribution in [0, 0.1) is 0 Å². The van der Waals surface area contributed by atoms with E-state index in [4.69, 9.17) is 11.6 Å². The van der Waals surface area contributed by atoms with Crippen LogP contribution in [0.1, 0.15) is 16.7 Å². The minimum atomic E-state index is -4.93. The van der Waals surface area contributed by atoms with E-state index in [9.17, 15) is 26.3 Å². The number of hydrogen-bond donors (Lipinski definition) is 0. The van der Waals surface area contributed by atoms with Crippen molar-refractivity contribution in [3.8, 4) is 0 Å². The van der Waals surface area contributed by atoms with E-state index in [1.807, 2.05) is 0 Å². The molecule has 0 fully saturated rings. The first-order valence-corrected chi connectivity index (χ1v) is 8.55. The van der Waals surface area contributed by atoms with Gasteiger partial charge < -0.3 is 5.01 Å². The number of nitrogens with zero attached hydrogens (tertiary/aromatic N) is 2. The Morgan fingerprint density at radius 2 is 1.37 bits per heavy atom. The van der Waals surface area contributed by atoms with Gasteiger partial charge in [-0.3, -0.25) is 0 Å². The van der Waals surface area contributed by atoms with Gasteiger partial charge in [0.05, 0.1) is 11.1 Å². The van der Waals surface area contributed by atoms with Gasteiger partial charge in [-0.15, -0.1) is 0 Å². The van der Waals surface area contributed by atoms with Gasteiger partial charge in [0.1, 0.15) is 5.04 Å². The molecule has 0 radical (unpaired) electrons. The molecular formula is C17H13ClF6N2S. The van der Waals surface area contributed by atoms with E-state index in [0.29, 0.717) is 22.1 Å². The van der Waals surface area contributed by atoms with Crippen molar-refractivity contribution in [2.24, 2.45) is 5.10 Å². The smallest absolute Gasteiger partial charge is 0.302 e. The summed E-state index contributed by atoms with van der Waals surface area (Å²) < 4.78 is 78.6. The van der Waals surface area contributed by atoms with E-state index in [0.717, 1.165) is 11.8 Å². The van der Waals surface area contributed by atoms with Gasteiger partial charge >= 0.3 is 12.4 Å². The highest BCUT2D eigenvalue weighted by molar-refractivity contribution is 8.14. The second-order valence-corrected chi connectivity index (χ2v) is 7.10. The third kappa shape index (κ3) is 6.07. The number of halogens is 7. The van der Waals surface area contributed by atoms with E-state index in [2.05, 4.69) is 5.10 Å². The van der Waals surface area contributed by atoms with E-state index in [1.54, 1.807) is 24.3 Å². The lowest BCUT2D eigenvalue weighted by Crippen LogP contribution is -2.14. The maximum atomic E-state index is 13.1. The SMILES string of the molecule is CN(C)/N=C(/Sc1ccc(Cl)cc1)c1cc(C(F)(F)F)cc(C(F)(F)F)c1. The fourth-order valence-corrected chi connectivity index (χ4v) is 3.07. The number of benzene rings is 2. The molecule has 10 heteroatoms. The molecule has 0 aliphatic carbocycles. The normalized spacial score (nSPS) is 13.0. The number of rotatable bonds is 3. The third-order valence-corrected chi connectivity index (χ3v) is 4.42. The monoisotopic (exact) mass is 426 g/mol. The Hall–Kier alpha value is -1.87. The highest BCUT2D eigenvalue weighted by Crippen LogP contribution is 2.37. The first-order valence-electron chi connectivity index (χ1n) is 7.35. The zero-order valence-electron chi connectivity index (χ0n) is 14.0. The summed E-state index contributed by atoms with van der Waals surface area (Å²) in [5.74, 6) is 0. The van der Waals surface area contributed by atoms with Gasteiger partial charge in [-0.25, -0.2) is 0 Å². The highest BCUT2D eigenvalue weighted by Gasteiger charge is 2.37. The number of alkyl halides is 6. The third-order valence-electron chi connectivity index (χ3n) is 3.15. The fraction of sp³-hybridized carbons (Fsp3) is 0.235. The Morgan fingerprint density at radius 3 is 1.78 bits per heavy atom. The average Bonchev–Trinajstić information content (AvgIpc) is 2.54. The summed E-state index contributed by atoms with van der Waals surface area (Å²) in [6.45, 7) is 0. The van der Waals surface area contributed by atoms with Gasteiger partial charge in [-0.05, 0) is 42.5 Å². The molecule has 0 heterocycles. The van der Waals surface area contributed by atoms with E-state index < -0.39 is 23.5 Å². The van der Waals surface area contributed by atoms with Crippen molar-refractivity contribution in [3.05, 3.63) is 64.2 Å². The molecule has 2 nitrogen and oxygen atoms in total. The molecule has 146 valence electrons.